The molecular formula is C21H21N3OS. The molecule has 0 radical (unpaired) electrons. The lowest BCUT2D eigenvalue weighted by molar-refractivity contribution is 0.271. The van der Waals surface area contributed by atoms with E-state index in [1.807, 2.05) is 19.2 Å². The van der Waals surface area contributed by atoms with Gasteiger partial charge in [-0.25, -0.2) is 0 Å². The topological polar surface area (TPSA) is 60.5 Å². The van der Waals surface area contributed by atoms with Gasteiger partial charge in [0.15, 0.2) is 5.17 Å². The van der Waals surface area contributed by atoms with E-state index in [1.165, 1.54) is 0 Å². The Kier molecular flexibility index (Phi) is 4.37. The van der Waals surface area contributed by atoms with Crippen LogP contribution in [0.15, 0.2) is 41.7 Å². The molecule has 1 aromatic heterocycles. The lowest BCUT2D eigenvalue weighted by Gasteiger charge is -2.36. The Hall–Kier alpha value is -2.45. The number of fused-ring (bicyclic) bond motifs is 3. The molecule has 0 spiro atoms. The van der Waals surface area contributed by atoms with E-state index < -0.39 is 0 Å². The van der Waals surface area contributed by atoms with Gasteiger partial charge in [-0.3, -0.25) is 9.98 Å². The largest absolute Gasteiger partial charge is 0.493 e. The third-order valence-electron chi connectivity index (χ3n) is 5.16. The van der Waals surface area contributed by atoms with Gasteiger partial charge >= 0.3 is 0 Å². The molecule has 0 amide bonds. The number of thioether (sulfide) groups is 1. The number of pyridine rings is 1. The zero-order valence-corrected chi connectivity index (χ0v) is 15.8. The highest BCUT2D eigenvalue weighted by molar-refractivity contribution is 8.13. The number of benzene rings is 1. The second-order valence-electron chi connectivity index (χ2n) is 6.79. The van der Waals surface area contributed by atoms with Crippen LogP contribution in [0.3, 0.4) is 0 Å². The van der Waals surface area contributed by atoms with Gasteiger partial charge in [-0.2, -0.15) is 0 Å². The molecule has 2 aromatic rings. The van der Waals surface area contributed by atoms with Crippen LogP contribution in [0.1, 0.15) is 31.4 Å². The minimum Gasteiger partial charge on any atom is -0.493 e. The van der Waals surface area contributed by atoms with Gasteiger partial charge in [-0.1, -0.05) is 23.7 Å². The predicted octanol–water partition coefficient (Wildman–Crippen LogP) is 3.80. The van der Waals surface area contributed by atoms with E-state index in [0.29, 0.717) is 17.7 Å². The van der Waals surface area contributed by atoms with Gasteiger partial charge in [-0.15, -0.1) is 5.92 Å². The molecule has 4 nitrogen and oxygen atoms in total. The first-order chi connectivity index (χ1) is 12.6. The second-order valence-corrected chi connectivity index (χ2v) is 7.83. The summed E-state index contributed by atoms with van der Waals surface area (Å²) in [5.74, 6) is 8.28. The third kappa shape index (κ3) is 2.95. The van der Waals surface area contributed by atoms with E-state index in [0.717, 1.165) is 40.2 Å². The lowest BCUT2D eigenvalue weighted by Crippen LogP contribution is -2.37. The maximum atomic E-state index is 6.08. The van der Waals surface area contributed by atoms with Crippen molar-refractivity contribution in [1.82, 2.24) is 4.98 Å². The van der Waals surface area contributed by atoms with Gasteiger partial charge < -0.3 is 10.5 Å². The number of hydrogen-bond donors (Lipinski definition) is 1. The number of hydrogen-bond acceptors (Lipinski definition) is 5. The van der Waals surface area contributed by atoms with E-state index in [2.05, 4.69) is 41.9 Å². The molecule has 4 rings (SSSR count). The number of nitrogens with two attached hydrogens (primary N) is 1. The number of amidine groups is 1. The van der Waals surface area contributed by atoms with Crippen LogP contribution in [0.4, 0.5) is 0 Å². The summed E-state index contributed by atoms with van der Waals surface area (Å²) in [7, 11) is 0. The maximum Gasteiger partial charge on any atom is 0.154 e. The number of aromatic nitrogens is 1. The molecule has 2 N–H and O–H groups in total. The Labute approximate surface area is 158 Å². The van der Waals surface area contributed by atoms with Crippen molar-refractivity contribution in [2.75, 3.05) is 12.4 Å². The predicted molar refractivity (Wildman–Crippen MR) is 107 cm³/mol. The van der Waals surface area contributed by atoms with Gasteiger partial charge in [0.2, 0.25) is 0 Å². The summed E-state index contributed by atoms with van der Waals surface area (Å²) >= 11 is 1.64. The van der Waals surface area contributed by atoms with Crippen molar-refractivity contribution in [3.63, 3.8) is 0 Å². The first-order valence-corrected chi connectivity index (χ1v) is 9.72. The van der Waals surface area contributed by atoms with Crippen LogP contribution in [0.2, 0.25) is 0 Å². The molecule has 132 valence electrons. The zero-order chi connectivity index (χ0) is 18.1. The highest BCUT2D eigenvalue weighted by Gasteiger charge is 2.42. The van der Waals surface area contributed by atoms with Crippen molar-refractivity contribution >= 4 is 16.9 Å². The first-order valence-electron chi connectivity index (χ1n) is 8.74. The number of aliphatic imine (C=N–C) groups is 1. The number of ether oxygens (including phenoxy) is 1. The Balaban J connectivity index is 1.85. The number of rotatable bonds is 1. The van der Waals surface area contributed by atoms with E-state index in [4.69, 9.17) is 15.5 Å². The molecule has 1 aromatic carbocycles. The fourth-order valence-corrected chi connectivity index (χ4v) is 4.82. The van der Waals surface area contributed by atoms with Crippen LogP contribution >= 0.6 is 11.8 Å². The molecule has 3 heterocycles. The van der Waals surface area contributed by atoms with Crippen LogP contribution < -0.4 is 10.5 Å². The minimum atomic E-state index is -0.356. The second kappa shape index (κ2) is 6.69. The summed E-state index contributed by atoms with van der Waals surface area (Å²) in [6.45, 7) is 4.72. The smallest absolute Gasteiger partial charge is 0.154 e. The van der Waals surface area contributed by atoms with Gasteiger partial charge in [0.25, 0.3) is 0 Å². The summed E-state index contributed by atoms with van der Waals surface area (Å²) in [5.41, 5.74) is 9.88. The lowest BCUT2D eigenvalue weighted by atomic mass is 9.78. The van der Waals surface area contributed by atoms with E-state index in [1.54, 1.807) is 18.0 Å². The quantitative estimate of drug-likeness (QED) is 0.783. The normalized spacial score (nSPS) is 24.1. The van der Waals surface area contributed by atoms with Crippen LogP contribution in [-0.4, -0.2) is 22.5 Å². The van der Waals surface area contributed by atoms with Gasteiger partial charge in [0.1, 0.15) is 5.75 Å². The Morgan fingerprint density at radius 3 is 3.00 bits per heavy atom. The Morgan fingerprint density at radius 2 is 2.15 bits per heavy atom. The first kappa shape index (κ1) is 17.0. The maximum absolute atomic E-state index is 6.08. The molecular weight excluding hydrogens is 342 g/mol. The van der Waals surface area contributed by atoms with E-state index in [9.17, 15) is 0 Å². The van der Waals surface area contributed by atoms with Crippen molar-refractivity contribution in [2.45, 2.75) is 25.8 Å². The average Bonchev–Trinajstić information content (AvgIpc) is 2.78. The van der Waals surface area contributed by atoms with Crippen molar-refractivity contribution in [2.24, 2.45) is 16.6 Å². The molecule has 0 bridgehead atoms. The molecule has 2 unspecified atom stereocenters. The monoisotopic (exact) mass is 363 g/mol. The van der Waals surface area contributed by atoms with Crippen molar-refractivity contribution in [3.8, 4) is 28.7 Å². The van der Waals surface area contributed by atoms with Crippen molar-refractivity contribution in [1.29, 1.82) is 0 Å². The van der Waals surface area contributed by atoms with Gasteiger partial charge in [-0.05, 0) is 44.0 Å². The standard InChI is InChI=1S/C21H21N3OS/c1-3-4-14-9-16(12-23-11-14)15-5-6-19-18(10-15)21(2)17(7-8-25-19)13-26-20(22)24-21/h5-6,9-12,17H,7-8,13H2,1-2H3,(H2,22,24). The Bertz CT molecular complexity index is 944. The highest BCUT2D eigenvalue weighted by atomic mass is 32.2. The van der Waals surface area contributed by atoms with Crippen molar-refractivity contribution in [3.05, 3.63) is 47.8 Å². The van der Waals surface area contributed by atoms with E-state index >= 15 is 0 Å². The van der Waals surface area contributed by atoms with Crippen LogP contribution in [0, 0.1) is 17.8 Å². The fourth-order valence-electron chi connectivity index (χ4n) is 3.70. The van der Waals surface area contributed by atoms with Crippen LogP contribution in [0.5, 0.6) is 5.75 Å². The van der Waals surface area contributed by atoms with Crippen molar-refractivity contribution < 1.29 is 4.74 Å². The minimum absolute atomic E-state index is 0.356. The fraction of sp³-hybridized carbons (Fsp3) is 0.333. The molecule has 0 fully saturated rings. The molecule has 26 heavy (non-hydrogen) atoms. The average molecular weight is 363 g/mol. The molecule has 0 aliphatic carbocycles. The van der Waals surface area contributed by atoms with Crippen LogP contribution in [0.25, 0.3) is 11.1 Å². The van der Waals surface area contributed by atoms with Gasteiger partial charge in [0.05, 0.1) is 12.1 Å². The van der Waals surface area contributed by atoms with Gasteiger partial charge in [0, 0.05) is 40.8 Å². The summed E-state index contributed by atoms with van der Waals surface area (Å²) in [5, 5.41) is 0.656. The number of nitrogens with zero attached hydrogens (tertiary/aromatic N) is 2. The summed E-state index contributed by atoms with van der Waals surface area (Å²) in [6.07, 6.45) is 4.63. The molecule has 0 saturated carbocycles. The summed E-state index contributed by atoms with van der Waals surface area (Å²) in [6, 6.07) is 8.37. The summed E-state index contributed by atoms with van der Waals surface area (Å²) in [4.78, 5) is 9.20. The highest BCUT2D eigenvalue weighted by Crippen LogP contribution is 2.47. The SMILES string of the molecule is CC#Cc1cncc(-c2ccc3c(c2)C2(C)N=C(N)SCC2CCO3)c1. The third-order valence-corrected chi connectivity index (χ3v) is 6.12. The molecule has 2 atom stereocenters. The molecule has 0 saturated heterocycles. The van der Waals surface area contributed by atoms with E-state index in [-0.39, 0.29) is 5.54 Å². The van der Waals surface area contributed by atoms with Crippen LogP contribution in [-0.2, 0) is 5.54 Å². The zero-order valence-electron chi connectivity index (χ0n) is 15.0. The molecule has 2 aliphatic heterocycles. The molecule has 2 aliphatic rings. The summed E-state index contributed by atoms with van der Waals surface area (Å²) < 4.78 is 6.04. The Morgan fingerprint density at radius 1 is 1.27 bits per heavy atom. The molecule has 5 heteroatoms.